The molecule has 8 nitrogen and oxygen atoms in total. The molecule has 1 aromatic rings. The molecule has 2 aliphatic heterocycles. The molecular formula is C10H12N4O4. The summed E-state index contributed by atoms with van der Waals surface area (Å²) >= 11 is 0. The van der Waals surface area contributed by atoms with Gasteiger partial charge in [0.2, 0.25) is 5.43 Å². The number of nitrogens with two attached hydrogens (primary N) is 1. The third-order valence-corrected chi connectivity index (χ3v) is 3.09. The molecule has 2 aliphatic rings. The third kappa shape index (κ3) is 1.35. The minimum atomic E-state index is -0.733. The van der Waals surface area contributed by atoms with E-state index in [-0.39, 0.29) is 17.5 Å². The lowest BCUT2D eigenvalue weighted by atomic mass is 10.2. The number of hydrogen-bond donors (Lipinski definition) is 3. The number of carbonyl (C=O) groups is 1. The highest BCUT2D eigenvalue weighted by Crippen LogP contribution is 2.22. The van der Waals surface area contributed by atoms with Crippen LogP contribution in [0.2, 0.25) is 0 Å². The minimum Gasteiger partial charge on any atom is -0.502 e. The molecule has 8 heteroatoms. The van der Waals surface area contributed by atoms with Crippen molar-refractivity contribution in [3.8, 4) is 5.75 Å². The average molecular weight is 252 g/mol. The van der Waals surface area contributed by atoms with Gasteiger partial charge in [-0.3, -0.25) is 14.3 Å². The van der Waals surface area contributed by atoms with Crippen LogP contribution in [-0.4, -0.2) is 46.5 Å². The van der Waals surface area contributed by atoms with E-state index in [9.17, 15) is 14.7 Å². The molecule has 1 aromatic heterocycles. The van der Waals surface area contributed by atoms with Crippen molar-refractivity contribution in [1.29, 1.82) is 0 Å². The van der Waals surface area contributed by atoms with Crippen molar-refractivity contribution in [1.82, 2.24) is 9.58 Å². The van der Waals surface area contributed by atoms with Crippen LogP contribution < -0.4 is 16.6 Å². The number of pyridine rings is 1. The van der Waals surface area contributed by atoms with E-state index in [2.05, 4.69) is 5.43 Å². The zero-order valence-electron chi connectivity index (χ0n) is 9.42. The molecule has 0 radical (unpaired) electrons. The van der Waals surface area contributed by atoms with Gasteiger partial charge in [-0.05, 0) is 0 Å². The normalized spacial score (nSPS) is 22.1. The number of carbonyl (C=O) groups excluding carboxylic acids is 1. The lowest BCUT2D eigenvalue weighted by molar-refractivity contribution is -0.00312. The summed E-state index contributed by atoms with van der Waals surface area (Å²) in [6, 6.07) is 0. The van der Waals surface area contributed by atoms with Gasteiger partial charge in [-0.1, -0.05) is 0 Å². The van der Waals surface area contributed by atoms with Gasteiger partial charge in [0.25, 0.3) is 5.91 Å². The average Bonchev–Trinajstić information content (AvgIpc) is 2.36. The number of fused-ring (bicyclic) bond motifs is 2. The van der Waals surface area contributed by atoms with E-state index < -0.39 is 17.1 Å². The number of nitrogen functional groups attached to an aromatic ring is 1. The van der Waals surface area contributed by atoms with Crippen molar-refractivity contribution in [2.24, 2.45) is 0 Å². The van der Waals surface area contributed by atoms with Crippen LogP contribution in [0, 0.1) is 0 Å². The van der Waals surface area contributed by atoms with Crippen LogP contribution in [0.4, 0.5) is 5.69 Å². The molecule has 1 atom stereocenters. The molecule has 1 amide bonds. The summed E-state index contributed by atoms with van der Waals surface area (Å²) < 4.78 is 6.54. The predicted octanol–water partition coefficient (Wildman–Crippen LogP) is -1.51. The van der Waals surface area contributed by atoms with Crippen LogP contribution in [0.25, 0.3) is 0 Å². The Morgan fingerprint density at radius 3 is 3.06 bits per heavy atom. The van der Waals surface area contributed by atoms with Crippen LogP contribution in [0.3, 0.4) is 0 Å². The fraction of sp³-hybridized carbons (Fsp3) is 0.400. The quantitative estimate of drug-likeness (QED) is 0.518. The summed E-state index contributed by atoms with van der Waals surface area (Å²) in [5, 5.41) is 9.75. The van der Waals surface area contributed by atoms with Crippen molar-refractivity contribution < 1.29 is 14.6 Å². The molecule has 0 saturated carbocycles. The standard InChI is InChI=1S/C10H12N4O4/c11-5-3-14-7(9(16)8(5)15)10(17)13-1-2-18-4-6(13)12-14/h3,6,12,16H,1-2,4,11H2/t6-/m0/s1. The van der Waals surface area contributed by atoms with E-state index in [0.29, 0.717) is 19.8 Å². The Hall–Kier alpha value is -2.22. The summed E-state index contributed by atoms with van der Waals surface area (Å²) in [5.74, 6) is -1.03. The summed E-state index contributed by atoms with van der Waals surface area (Å²) in [5.41, 5.74) is 7.48. The van der Waals surface area contributed by atoms with E-state index >= 15 is 0 Å². The van der Waals surface area contributed by atoms with Gasteiger partial charge in [-0.15, -0.1) is 0 Å². The fourth-order valence-electron chi connectivity index (χ4n) is 2.18. The van der Waals surface area contributed by atoms with E-state index in [1.807, 2.05) is 0 Å². The number of nitrogens with one attached hydrogen (secondary N) is 1. The zero-order chi connectivity index (χ0) is 12.9. The highest BCUT2D eigenvalue weighted by molar-refractivity contribution is 5.96. The zero-order valence-corrected chi connectivity index (χ0v) is 9.42. The second-order valence-corrected chi connectivity index (χ2v) is 4.20. The van der Waals surface area contributed by atoms with Gasteiger partial charge >= 0.3 is 0 Å². The van der Waals surface area contributed by atoms with Crippen LogP contribution in [0.1, 0.15) is 10.5 Å². The van der Waals surface area contributed by atoms with Gasteiger partial charge in [-0.2, -0.15) is 0 Å². The molecule has 4 N–H and O–H groups in total. The molecule has 0 spiro atoms. The number of morpholine rings is 1. The molecule has 18 heavy (non-hydrogen) atoms. The smallest absolute Gasteiger partial charge is 0.278 e. The van der Waals surface area contributed by atoms with Gasteiger partial charge in [-0.25, -0.2) is 0 Å². The number of rotatable bonds is 0. The maximum absolute atomic E-state index is 12.2. The second kappa shape index (κ2) is 3.64. The van der Waals surface area contributed by atoms with Crippen molar-refractivity contribution in [2.45, 2.75) is 6.17 Å². The van der Waals surface area contributed by atoms with Crippen molar-refractivity contribution in [2.75, 3.05) is 30.9 Å². The van der Waals surface area contributed by atoms with Crippen molar-refractivity contribution in [3.05, 3.63) is 22.1 Å². The Morgan fingerprint density at radius 2 is 2.28 bits per heavy atom. The van der Waals surface area contributed by atoms with Gasteiger partial charge in [0.05, 0.1) is 19.4 Å². The molecule has 3 heterocycles. The topological polar surface area (TPSA) is 110 Å². The van der Waals surface area contributed by atoms with Crippen LogP contribution >= 0.6 is 0 Å². The summed E-state index contributed by atoms with van der Waals surface area (Å²) in [6.07, 6.45) is 0.973. The van der Waals surface area contributed by atoms with Crippen molar-refractivity contribution in [3.63, 3.8) is 0 Å². The molecule has 0 aromatic carbocycles. The number of hydrogen-bond acceptors (Lipinski definition) is 6. The van der Waals surface area contributed by atoms with Gasteiger partial charge < -0.3 is 25.9 Å². The van der Waals surface area contributed by atoms with E-state index in [0.717, 1.165) is 0 Å². The Bertz CT molecular complexity index is 582. The van der Waals surface area contributed by atoms with Crippen molar-refractivity contribution >= 4 is 11.6 Å². The molecule has 96 valence electrons. The maximum atomic E-state index is 12.2. The lowest BCUT2D eigenvalue weighted by Gasteiger charge is -2.41. The molecule has 1 saturated heterocycles. The number of ether oxygens (including phenoxy) is 1. The molecule has 3 rings (SSSR count). The van der Waals surface area contributed by atoms with Gasteiger partial charge in [0.1, 0.15) is 11.9 Å². The first-order chi connectivity index (χ1) is 8.59. The van der Waals surface area contributed by atoms with Gasteiger partial charge in [0.15, 0.2) is 11.4 Å². The van der Waals surface area contributed by atoms with Gasteiger partial charge in [0, 0.05) is 6.54 Å². The number of aromatic hydroxyl groups is 1. The van der Waals surface area contributed by atoms with E-state index in [1.165, 1.54) is 15.8 Å². The molecule has 1 fully saturated rings. The summed E-state index contributed by atoms with van der Waals surface area (Å²) in [4.78, 5) is 25.3. The summed E-state index contributed by atoms with van der Waals surface area (Å²) in [7, 11) is 0. The SMILES string of the molecule is Nc1cn2c(c(O)c1=O)C(=O)N1CCOC[C@H]1N2. The van der Waals surface area contributed by atoms with Crippen LogP contribution in [-0.2, 0) is 4.74 Å². The number of anilines is 1. The molecule has 0 bridgehead atoms. The molecule has 0 aliphatic carbocycles. The predicted molar refractivity (Wildman–Crippen MR) is 61.8 cm³/mol. The molecule has 0 unspecified atom stereocenters. The highest BCUT2D eigenvalue weighted by atomic mass is 16.5. The number of aromatic nitrogens is 1. The summed E-state index contributed by atoms with van der Waals surface area (Å²) in [6.45, 7) is 1.19. The maximum Gasteiger partial charge on any atom is 0.278 e. The first-order valence-corrected chi connectivity index (χ1v) is 5.49. The first kappa shape index (κ1) is 10.9. The fourth-order valence-corrected chi connectivity index (χ4v) is 2.18. The Labute approximate surface area is 102 Å². The highest BCUT2D eigenvalue weighted by Gasteiger charge is 2.36. The lowest BCUT2D eigenvalue weighted by Crippen LogP contribution is -2.59. The largest absolute Gasteiger partial charge is 0.502 e. The monoisotopic (exact) mass is 252 g/mol. The second-order valence-electron chi connectivity index (χ2n) is 4.20. The van der Waals surface area contributed by atoms with Crippen LogP contribution in [0.15, 0.2) is 11.0 Å². The number of nitrogens with zero attached hydrogens (tertiary/aromatic N) is 2. The van der Waals surface area contributed by atoms with Crippen LogP contribution in [0.5, 0.6) is 5.75 Å². The first-order valence-electron chi connectivity index (χ1n) is 5.49. The van der Waals surface area contributed by atoms with E-state index in [1.54, 1.807) is 0 Å². The Kier molecular flexibility index (Phi) is 2.20. The number of amides is 1. The Balaban J connectivity index is 2.16. The minimum absolute atomic E-state index is 0.0904. The third-order valence-electron chi connectivity index (χ3n) is 3.09. The molecular weight excluding hydrogens is 240 g/mol. The Morgan fingerprint density at radius 1 is 1.50 bits per heavy atom. The van der Waals surface area contributed by atoms with E-state index in [4.69, 9.17) is 10.5 Å².